The molecule has 0 amide bonds. The topological polar surface area (TPSA) is 43.1 Å². The van der Waals surface area contributed by atoms with E-state index in [1.54, 1.807) is 17.8 Å². The molecule has 0 unspecified atom stereocenters. The van der Waals surface area contributed by atoms with E-state index >= 15 is 0 Å². The van der Waals surface area contributed by atoms with Gasteiger partial charge in [0.05, 0.1) is 11.0 Å². The second-order valence-electron chi connectivity index (χ2n) is 3.44. The number of nitro groups is 1. The summed E-state index contributed by atoms with van der Waals surface area (Å²) in [7, 11) is 0. The van der Waals surface area contributed by atoms with E-state index in [1.165, 1.54) is 22.7 Å². The van der Waals surface area contributed by atoms with E-state index in [0.29, 0.717) is 0 Å². The molecule has 1 heterocycles. The molecule has 2 aromatic carbocycles. The summed E-state index contributed by atoms with van der Waals surface area (Å²) in [6.45, 7) is 0. The van der Waals surface area contributed by atoms with Crippen LogP contribution in [0.1, 0.15) is 0 Å². The third-order valence-electron chi connectivity index (χ3n) is 2.34. The smallest absolute Gasteiger partial charge is 0.258 e. The Hall–Kier alpha value is -1.46. The average molecular weight is 260 g/mol. The van der Waals surface area contributed by atoms with Gasteiger partial charge in [-0.2, -0.15) is 0 Å². The molecule has 0 atom stereocenters. The van der Waals surface area contributed by atoms with Crippen molar-refractivity contribution in [1.29, 1.82) is 0 Å². The van der Waals surface area contributed by atoms with Crippen molar-refractivity contribution in [3.05, 3.63) is 52.6 Å². The summed E-state index contributed by atoms with van der Waals surface area (Å²) in [5.41, 5.74) is 0.0243. The van der Waals surface area contributed by atoms with Gasteiger partial charge in [0.15, 0.2) is 0 Å². The lowest BCUT2D eigenvalue weighted by Gasteiger charge is -2.16. The number of hydrogen-bond acceptors (Lipinski definition) is 4. The Labute approximate surface area is 106 Å². The van der Waals surface area contributed by atoms with Crippen molar-refractivity contribution < 1.29 is 4.92 Å². The Bertz CT molecular complexity index is 613. The van der Waals surface area contributed by atoms with Crippen LogP contribution in [0.4, 0.5) is 5.69 Å². The molecule has 0 aromatic heterocycles. The number of nitrogens with zero attached hydrogens (tertiary/aromatic N) is 1. The van der Waals surface area contributed by atoms with E-state index in [0.717, 1.165) is 14.7 Å². The minimum atomic E-state index is -0.411. The van der Waals surface area contributed by atoms with Crippen LogP contribution in [-0.2, 0) is 0 Å². The molecule has 0 aliphatic carbocycles. The molecule has 83 valence electrons. The molecular formula is C12H6NO2S2. The summed E-state index contributed by atoms with van der Waals surface area (Å²) in [6, 6.07) is 14.2. The van der Waals surface area contributed by atoms with Crippen molar-refractivity contribution in [1.82, 2.24) is 0 Å². The molecule has 0 saturated carbocycles. The van der Waals surface area contributed by atoms with E-state index in [4.69, 9.17) is 0 Å². The summed E-state index contributed by atoms with van der Waals surface area (Å²) in [5, 5.41) is 10.7. The van der Waals surface area contributed by atoms with Crippen LogP contribution in [0.3, 0.4) is 0 Å². The largest absolute Gasteiger partial charge is 0.278 e. The number of rotatable bonds is 1. The van der Waals surface area contributed by atoms with Crippen LogP contribution in [0.15, 0.2) is 56.0 Å². The van der Waals surface area contributed by atoms with Gasteiger partial charge in [0, 0.05) is 25.6 Å². The quantitative estimate of drug-likeness (QED) is 0.489. The van der Waals surface area contributed by atoms with Crippen LogP contribution in [0.5, 0.6) is 0 Å². The maximum atomic E-state index is 10.7. The highest BCUT2D eigenvalue weighted by molar-refractivity contribution is 8.05. The molecule has 2 aromatic rings. The highest BCUT2D eigenvalue weighted by Gasteiger charge is 2.19. The predicted octanol–water partition coefficient (Wildman–Crippen LogP) is 4.01. The Morgan fingerprint density at radius 3 is 2.41 bits per heavy atom. The maximum Gasteiger partial charge on any atom is 0.278 e. The molecule has 3 nitrogen and oxygen atoms in total. The number of hydrogen-bond donors (Lipinski definition) is 0. The molecule has 0 spiro atoms. The zero-order valence-corrected chi connectivity index (χ0v) is 10.2. The summed E-state index contributed by atoms with van der Waals surface area (Å²) < 4.78 is 0. The minimum absolute atomic E-state index is 0.0243. The lowest BCUT2D eigenvalue weighted by molar-refractivity contribution is -0.385. The van der Waals surface area contributed by atoms with Crippen LogP contribution < -0.4 is 0 Å². The minimum Gasteiger partial charge on any atom is -0.258 e. The number of benzene rings is 2. The monoisotopic (exact) mass is 260 g/mol. The molecular weight excluding hydrogens is 254 g/mol. The van der Waals surface area contributed by atoms with Gasteiger partial charge in [-0.1, -0.05) is 35.7 Å². The fraction of sp³-hybridized carbons (Fsp3) is 0. The summed E-state index contributed by atoms with van der Waals surface area (Å²) in [4.78, 5) is 14.5. The van der Waals surface area contributed by atoms with Crippen molar-refractivity contribution in [2.75, 3.05) is 0 Å². The van der Waals surface area contributed by atoms with E-state index in [2.05, 4.69) is 12.1 Å². The van der Waals surface area contributed by atoms with Crippen LogP contribution in [-0.4, -0.2) is 4.92 Å². The number of fused-ring (bicyclic) bond motifs is 2. The molecule has 0 bridgehead atoms. The zero-order valence-electron chi connectivity index (χ0n) is 8.54. The van der Waals surface area contributed by atoms with Gasteiger partial charge in [0.2, 0.25) is 0 Å². The summed E-state index contributed by atoms with van der Waals surface area (Å²) in [5.74, 6) is 0. The second kappa shape index (κ2) is 4.09. The number of non-ortho nitro benzene ring substituents is 1. The fourth-order valence-electron chi connectivity index (χ4n) is 1.56. The highest BCUT2D eigenvalue weighted by Crippen LogP contribution is 2.48. The lowest BCUT2D eigenvalue weighted by Crippen LogP contribution is -1.93. The molecule has 3 rings (SSSR count). The van der Waals surface area contributed by atoms with E-state index in [-0.39, 0.29) is 5.69 Å². The standard InChI is InChI=1S/C12H6NO2S2/c14-13(15)8-5-6-11-12(7-8)17-10-4-2-1-3-9(10)16-11/h1-6H. The highest BCUT2D eigenvalue weighted by atomic mass is 32.2. The normalized spacial score (nSPS) is 12.7. The van der Waals surface area contributed by atoms with Crippen LogP contribution in [0.25, 0.3) is 0 Å². The van der Waals surface area contributed by atoms with Crippen LogP contribution >= 0.6 is 23.5 Å². The molecule has 1 aliphatic rings. The molecule has 5 heteroatoms. The van der Waals surface area contributed by atoms with Crippen molar-refractivity contribution in [3.63, 3.8) is 0 Å². The van der Waals surface area contributed by atoms with Crippen LogP contribution in [0.2, 0.25) is 0 Å². The Morgan fingerprint density at radius 2 is 1.71 bits per heavy atom. The molecule has 1 radical (unpaired) electrons. The molecule has 0 saturated heterocycles. The Morgan fingerprint density at radius 1 is 1.00 bits per heavy atom. The average Bonchev–Trinajstić information content (AvgIpc) is 2.35. The van der Waals surface area contributed by atoms with E-state index in [9.17, 15) is 10.1 Å². The summed E-state index contributed by atoms with van der Waals surface area (Å²) >= 11 is 3.16. The van der Waals surface area contributed by atoms with E-state index in [1.807, 2.05) is 18.2 Å². The maximum absolute atomic E-state index is 10.7. The van der Waals surface area contributed by atoms with Gasteiger partial charge in [0.25, 0.3) is 5.69 Å². The third kappa shape index (κ3) is 1.92. The Kier molecular flexibility index (Phi) is 2.57. The SMILES string of the molecule is O=[N+]([O-])c1[c]c2c(cc1)Sc1ccccc1S2. The van der Waals surface area contributed by atoms with Gasteiger partial charge < -0.3 is 0 Å². The van der Waals surface area contributed by atoms with Crippen LogP contribution in [0, 0.1) is 16.2 Å². The van der Waals surface area contributed by atoms with E-state index < -0.39 is 4.92 Å². The Balaban J connectivity index is 2.06. The first-order valence-electron chi connectivity index (χ1n) is 4.89. The first-order valence-corrected chi connectivity index (χ1v) is 6.53. The van der Waals surface area contributed by atoms with Gasteiger partial charge in [-0.15, -0.1) is 0 Å². The van der Waals surface area contributed by atoms with Gasteiger partial charge in [-0.05, 0) is 18.2 Å². The second-order valence-corrected chi connectivity index (χ2v) is 5.58. The van der Waals surface area contributed by atoms with Gasteiger partial charge >= 0.3 is 0 Å². The van der Waals surface area contributed by atoms with Gasteiger partial charge in [-0.25, -0.2) is 0 Å². The number of nitro benzene ring substituents is 1. The molecule has 0 fully saturated rings. The first-order chi connectivity index (χ1) is 8.24. The fourth-order valence-corrected chi connectivity index (χ4v) is 3.75. The molecule has 17 heavy (non-hydrogen) atoms. The van der Waals surface area contributed by atoms with Crippen molar-refractivity contribution in [2.45, 2.75) is 19.6 Å². The zero-order chi connectivity index (χ0) is 11.8. The molecule has 1 aliphatic heterocycles. The molecule has 0 N–H and O–H groups in total. The van der Waals surface area contributed by atoms with Crippen molar-refractivity contribution in [2.24, 2.45) is 0 Å². The van der Waals surface area contributed by atoms with Crippen molar-refractivity contribution >= 4 is 29.2 Å². The van der Waals surface area contributed by atoms with Gasteiger partial charge in [0.1, 0.15) is 0 Å². The third-order valence-corrected chi connectivity index (χ3v) is 4.83. The van der Waals surface area contributed by atoms with Crippen molar-refractivity contribution in [3.8, 4) is 0 Å². The van der Waals surface area contributed by atoms with Gasteiger partial charge in [-0.3, -0.25) is 10.1 Å². The lowest BCUT2D eigenvalue weighted by atomic mass is 10.3. The first kappa shape index (κ1) is 10.7. The summed E-state index contributed by atoms with van der Waals surface area (Å²) in [6.07, 6.45) is 0. The predicted molar refractivity (Wildman–Crippen MR) is 66.6 cm³/mol.